The number of carbonyl (C=O) groups is 1. The van der Waals surface area contributed by atoms with Crippen LogP contribution in [0.25, 0.3) is 0 Å². The maximum absolute atomic E-state index is 13.9. The number of rotatable bonds is 7. The second kappa shape index (κ2) is 10.2. The molecule has 0 aliphatic carbocycles. The first-order chi connectivity index (χ1) is 15.7. The first-order valence-electron chi connectivity index (χ1n) is 10.9. The smallest absolute Gasteiger partial charge is 0.182 e. The van der Waals surface area contributed by atoms with Crippen LogP contribution < -0.4 is 14.2 Å². The van der Waals surface area contributed by atoms with Gasteiger partial charge in [0.1, 0.15) is 17.2 Å². The highest BCUT2D eigenvalue weighted by atomic mass is 19.2. The number of fused-ring (bicyclic) bond motifs is 1. The Morgan fingerprint density at radius 2 is 1.58 bits per heavy atom. The SMILES string of the molecule is COc1c(CC=C(C)C)c(OC)c2c(c1CC=C(C)C)OC(c1ccc(F)c(F)c1)C(=O)C2. The molecule has 0 saturated heterocycles. The Hall–Kier alpha value is -3.15. The van der Waals surface area contributed by atoms with Crippen molar-refractivity contribution in [1.82, 2.24) is 0 Å². The molecule has 33 heavy (non-hydrogen) atoms. The molecule has 1 aliphatic heterocycles. The summed E-state index contributed by atoms with van der Waals surface area (Å²) in [5.74, 6) is -0.559. The number of hydrogen-bond donors (Lipinski definition) is 0. The molecule has 6 heteroatoms. The lowest BCUT2D eigenvalue weighted by molar-refractivity contribution is -0.126. The van der Waals surface area contributed by atoms with Gasteiger partial charge in [-0.25, -0.2) is 8.78 Å². The summed E-state index contributed by atoms with van der Waals surface area (Å²) in [5.41, 5.74) is 4.83. The largest absolute Gasteiger partial charge is 0.496 e. The molecular formula is C27H30F2O4. The molecule has 0 spiro atoms. The van der Waals surface area contributed by atoms with Crippen LogP contribution in [0.4, 0.5) is 8.78 Å². The quantitative estimate of drug-likeness (QED) is 0.463. The van der Waals surface area contributed by atoms with Crippen LogP contribution in [-0.2, 0) is 24.1 Å². The van der Waals surface area contributed by atoms with Crippen LogP contribution in [0.1, 0.15) is 56.1 Å². The third-order valence-corrected chi connectivity index (χ3v) is 5.61. The highest BCUT2D eigenvalue weighted by molar-refractivity contribution is 5.90. The minimum atomic E-state index is -1.05. The van der Waals surface area contributed by atoms with Gasteiger partial charge in [-0.2, -0.15) is 0 Å². The maximum Gasteiger partial charge on any atom is 0.182 e. The molecule has 0 bridgehead atoms. The third kappa shape index (κ3) is 5.10. The Kier molecular flexibility index (Phi) is 7.57. The minimum absolute atomic E-state index is 0.0514. The molecule has 1 heterocycles. The molecule has 0 saturated carbocycles. The summed E-state index contributed by atoms with van der Waals surface area (Å²) in [7, 11) is 3.16. The van der Waals surface area contributed by atoms with Gasteiger partial charge in [0, 0.05) is 28.7 Å². The average Bonchev–Trinajstić information content (AvgIpc) is 2.76. The number of benzene rings is 2. The first-order valence-corrected chi connectivity index (χ1v) is 10.9. The van der Waals surface area contributed by atoms with Gasteiger partial charge in [-0.3, -0.25) is 4.79 Å². The van der Waals surface area contributed by atoms with E-state index in [2.05, 4.69) is 12.2 Å². The van der Waals surface area contributed by atoms with Gasteiger partial charge >= 0.3 is 0 Å². The third-order valence-electron chi connectivity index (χ3n) is 5.61. The number of ether oxygens (including phenoxy) is 3. The lowest BCUT2D eigenvalue weighted by Crippen LogP contribution is -2.28. The van der Waals surface area contributed by atoms with E-state index in [1.165, 1.54) is 6.07 Å². The fraction of sp³-hybridized carbons (Fsp3) is 0.370. The molecule has 1 aliphatic rings. The molecule has 1 unspecified atom stereocenters. The van der Waals surface area contributed by atoms with Gasteiger partial charge in [-0.05, 0) is 52.7 Å². The van der Waals surface area contributed by atoms with Gasteiger partial charge in [0.2, 0.25) is 0 Å². The van der Waals surface area contributed by atoms with E-state index < -0.39 is 17.7 Å². The van der Waals surface area contributed by atoms with E-state index in [-0.39, 0.29) is 17.8 Å². The van der Waals surface area contributed by atoms with Gasteiger partial charge in [0.15, 0.2) is 23.5 Å². The molecule has 3 rings (SSSR count). The highest BCUT2D eigenvalue weighted by Gasteiger charge is 2.36. The van der Waals surface area contributed by atoms with Crippen molar-refractivity contribution in [2.24, 2.45) is 0 Å². The van der Waals surface area contributed by atoms with Crippen LogP contribution in [0.2, 0.25) is 0 Å². The van der Waals surface area contributed by atoms with Crippen LogP contribution in [-0.4, -0.2) is 20.0 Å². The van der Waals surface area contributed by atoms with Crippen molar-refractivity contribution < 1.29 is 27.8 Å². The minimum Gasteiger partial charge on any atom is -0.496 e. The molecule has 0 radical (unpaired) electrons. The van der Waals surface area contributed by atoms with Crippen molar-refractivity contribution in [2.45, 2.75) is 53.1 Å². The highest BCUT2D eigenvalue weighted by Crippen LogP contribution is 2.48. The predicted molar refractivity (Wildman–Crippen MR) is 124 cm³/mol. The zero-order valence-corrected chi connectivity index (χ0v) is 20.0. The second-order valence-electron chi connectivity index (χ2n) is 8.62. The zero-order valence-electron chi connectivity index (χ0n) is 20.0. The molecule has 0 N–H and O–H groups in total. The Morgan fingerprint density at radius 1 is 0.970 bits per heavy atom. The monoisotopic (exact) mass is 456 g/mol. The van der Waals surface area contributed by atoms with Gasteiger partial charge in [0.05, 0.1) is 14.2 Å². The van der Waals surface area contributed by atoms with E-state index in [0.717, 1.165) is 34.4 Å². The van der Waals surface area contributed by atoms with Gasteiger partial charge in [-0.1, -0.05) is 29.4 Å². The molecule has 0 aromatic heterocycles. The molecule has 1 atom stereocenters. The standard InChI is InChI=1S/C27H30F2O4/c1-15(2)7-10-18-25(31-5)19(11-8-16(3)4)27-20(26(18)32-6)14-23(30)24(33-27)17-9-12-21(28)22(29)13-17/h7-9,12-13,24H,10-11,14H2,1-6H3. The fourth-order valence-electron chi connectivity index (χ4n) is 4.01. The Bertz CT molecular complexity index is 1120. The maximum atomic E-state index is 13.9. The molecule has 0 fully saturated rings. The summed E-state index contributed by atoms with van der Waals surface area (Å²) in [6, 6.07) is 3.39. The number of Topliss-reactive ketones (excluding diaryl/α,β-unsaturated/α-hetero) is 1. The summed E-state index contributed by atoms with van der Waals surface area (Å²) in [4.78, 5) is 13.1. The summed E-state index contributed by atoms with van der Waals surface area (Å²) in [5, 5.41) is 0. The van der Waals surface area contributed by atoms with Crippen LogP contribution in [0.5, 0.6) is 17.2 Å². The average molecular weight is 457 g/mol. The van der Waals surface area contributed by atoms with Crippen molar-refractivity contribution in [1.29, 1.82) is 0 Å². The lowest BCUT2D eigenvalue weighted by Gasteiger charge is -2.31. The summed E-state index contributed by atoms with van der Waals surface area (Å²) in [6.45, 7) is 8.03. The van der Waals surface area contributed by atoms with Crippen molar-refractivity contribution in [3.8, 4) is 17.2 Å². The molecule has 2 aromatic rings. The number of carbonyl (C=O) groups excluding carboxylic acids is 1. The van der Waals surface area contributed by atoms with Gasteiger partial charge in [-0.15, -0.1) is 0 Å². The fourth-order valence-corrected chi connectivity index (χ4v) is 4.01. The van der Waals surface area contributed by atoms with E-state index in [4.69, 9.17) is 14.2 Å². The number of ketones is 1. The first kappa shape index (κ1) is 24.5. The molecule has 176 valence electrons. The zero-order chi connectivity index (χ0) is 24.3. The molecule has 2 aromatic carbocycles. The Morgan fingerprint density at radius 3 is 2.12 bits per heavy atom. The number of hydrogen-bond acceptors (Lipinski definition) is 4. The van der Waals surface area contributed by atoms with E-state index in [1.54, 1.807) is 14.2 Å². The number of methoxy groups -OCH3 is 2. The Balaban J connectivity index is 2.24. The summed E-state index contributed by atoms with van der Waals surface area (Å²) >= 11 is 0. The summed E-state index contributed by atoms with van der Waals surface area (Å²) in [6.07, 6.45) is 4.24. The van der Waals surface area contributed by atoms with Crippen molar-refractivity contribution >= 4 is 5.78 Å². The lowest BCUT2D eigenvalue weighted by atomic mass is 9.89. The van der Waals surface area contributed by atoms with E-state index >= 15 is 0 Å². The van der Waals surface area contributed by atoms with E-state index in [0.29, 0.717) is 35.7 Å². The Labute approximate surface area is 193 Å². The normalized spacial score (nSPS) is 14.8. The van der Waals surface area contributed by atoms with Crippen molar-refractivity contribution in [3.63, 3.8) is 0 Å². The van der Waals surface area contributed by atoms with E-state index in [1.807, 2.05) is 27.7 Å². The van der Waals surface area contributed by atoms with Crippen molar-refractivity contribution in [2.75, 3.05) is 14.2 Å². The topological polar surface area (TPSA) is 44.8 Å². The number of allylic oxidation sites excluding steroid dienone is 4. The second-order valence-corrected chi connectivity index (χ2v) is 8.62. The van der Waals surface area contributed by atoms with E-state index in [9.17, 15) is 13.6 Å². The van der Waals surface area contributed by atoms with Crippen LogP contribution in [0, 0.1) is 11.6 Å². The molecular weight excluding hydrogens is 426 g/mol. The molecule has 4 nitrogen and oxygen atoms in total. The van der Waals surface area contributed by atoms with Crippen LogP contribution in [0.3, 0.4) is 0 Å². The van der Waals surface area contributed by atoms with Gasteiger partial charge in [0.25, 0.3) is 0 Å². The van der Waals surface area contributed by atoms with Crippen molar-refractivity contribution in [3.05, 3.63) is 75.4 Å². The van der Waals surface area contributed by atoms with Crippen LogP contribution >= 0.6 is 0 Å². The summed E-state index contributed by atoms with van der Waals surface area (Å²) < 4.78 is 45.2. The predicted octanol–water partition coefficient (Wildman–Crippen LogP) is 6.24. The number of halogens is 2. The van der Waals surface area contributed by atoms with Crippen LogP contribution in [0.15, 0.2) is 41.5 Å². The van der Waals surface area contributed by atoms with Gasteiger partial charge < -0.3 is 14.2 Å². The molecule has 0 amide bonds.